The first-order valence-corrected chi connectivity index (χ1v) is 27.0. The second-order valence-electron chi connectivity index (χ2n) is 15.1. The molecule has 0 N–H and O–H groups in total. The summed E-state index contributed by atoms with van der Waals surface area (Å²) in [5.74, 6) is 0.863. The van der Waals surface area contributed by atoms with Crippen LogP contribution < -0.4 is 14.5 Å². The largest absolute Gasteiger partial charge is 0.494 e. The highest BCUT2D eigenvalue weighted by Crippen LogP contribution is 2.34. The van der Waals surface area contributed by atoms with E-state index in [1.807, 2.05) is 19.1 Å². The number of piperazine rings is 2. The van der Waals surface area contributed by atoms with Crippen molar-refractivity contribution in [3.05, 3.63) is 144 Å². The molecule has 11 nitrogen and oxygen atoms in total. The van der Waals surface area contributed by atoms with Gasteiger partial charge < -0.3 is 14.5 Å². The highest BCUT2D eigenvalue weighted by molar-refractivity contribution is 7.89. The fourth-order valence-electron chi connectivity index (χ4n) is 7.33. The minimum Gasteiger partial charge on any atom is -0.494 e. The van der Waals surface area contributed by atoms with Crippen molar-refractivity contribution in [3.8, 4) is 5.75 Å². The number of hydrogen-bond donors (Lipinski definition) is 0. The summed E-state index contributed by atoms with van der Waals surface area (Å²) in [6.07, 6.45) is 3.79. The average molecular weight is 1020 g/mol. The number of halogens is 4. The summed E-state index contributed by atoms with van der Waals surface area (Å²) < 4.78 is 60.5. The van der Waals surface area contributed by atoms with Gasteiger partial charge >= 0.3 is 0 Å². The lowest BCUT2D eigenvalue weighted by molar-refractivity contribution is 0.340. The maximum Gasteiger partial charge on any atom is 0.244 e. The first kappa shape index (κ1) is 48.5. The maximum absolute atomic E-state index is 13.0. The number of benzene rings is 4. The highest BCUT2D eigenvalue weighted by Gasteiger charge is 2.33. The molecule has 2 aliphatic heterocycles. The first-order valence-electron chi connectivity index (χ1n) is 20.8. The van der Waals surface area contributed by atoms with Crippen molar-refractivity contribution in [1.82, 2.24) is 18.6 Å². The minimum absolute atomic E-state index is 0.0482. The Morgan fingerprint density at radius 3 is 1.38 bits per heavy atom. The number of aryl methyl sites for hydroxylation is 1. The topological polar surface area (TPSA) is 116 Å². The SMILES string of the molecule is CCCc1ccc(Cc2csc(N3CCN(S(=O)(=O)c4cccc(Cl)c4Cl)CC3)n2)cc1.CCOc1ccc(Cc2csc(N3CCN(S(=O)(=O)c4cccc(Cl)c4Cl)CC3)n2)cc1. The quantitative estimate of drug-likeness (QED) is 0.105. The van der Waals surface area contributed by atoms with Crippen molar-refractivity contribution >= 4 is 99.4 Å². The van der Waals surface area contributed by atoms with Crippen LogP contribution in [0, 0.1) is 0 Å². The standard InChI is InChI=1S/C23H25Cl2N3O2S2.C22H23Cl2N3O3S2/c1-2-4-17-7-9-18(10-8-17)15-19-16-31-23(26-19)27-11-13-28(14-12-27)32(29,30)21-6-3-5-20(24)22(21)25;1-2-30-18-8-6-16(7-9-18)14-17-15-31-22(25-17)26-10-12-27(13-11-26)32(28,29)20-5-3-4-19(23)21(20)24/h3,5-10,16H,2,4,11-15H2,1H3;3-9,15H,2,10-14H2,1H3. The van der Waals surface area contributed by atoms with Gasteiger partial charge in [0.2, 0.25) is 20.0 Å². The Hall–Kier alpha value is -3.48. The molecule has 340 valence electrons. The van der Waals surface area contributed by atoms with E-state index in [1.165, 1.54) is 37.4 Å². The molecule has 6 aromatic rings. The van der Waals surface area contributed by atoms with Crippen molar-refractivity contribution in [3.63, 3.8) is 0 Å². The third kappa shape index (κ3) is 11.7. The molecule has 2 saturated heterocycles. The molecule has 0 atom stereocenters. The Morgan fingerprint density at radius 2 is 0.969 bits per heavy atom. The molecule has 0 radical (unpaired) electrons. The van der Waals surface area contributed by atoms with Crippen LogP contribution in [0.2, 0.25) is 20.1 Å². The van der Waals surface area contributed by atoms with E-state index in [0.717, 1.165) is 53.1 Å². The first-order chi connectivity index (χ1) is 30.8. The Labute approximate surface area is 404 Å². The van der Waals surface area contributed by atoms with Crippen molar-refractivity contribution in [2.75, 3.05) is 68.8 Å². The molecule has 19 heteroatoms. The molecular weight excluding hydrogens is 975 g/mol. The van der Waals surface area contributed by atoms with E-state index in [2.05, 4.69) is 63.9 Å². The Balaban J connectivity index is 0.000000191. The highest BCUT2D eigenvalue weighted by atomic mass is 35.5. The van der Waals surface area contributed by atoms with Crippen molar-refractivity contribution in [2.45, 2.75) is 49.3 Å². The van der Waals surface area contributed by atoms with Crippen LogP contribution in [-0.2, 0) is 39.3 Å². The predicted molar refractivity (Wildman–Crippen MR) is 263 cm³/mol. The normalized spacial score (nSPS) is 15.2. The van der Waals surface area contributed by atoms with E-state index in [4.69, 9.17) is 61.1 Å². The zero-order valence-electron chi connectivity index (χ0n) is 35.3. The van der Waals surface area contributed by atoms with Crippen LogP contribution in [0.5, 0.6) is 5.75 Å². The second kappa shape index (κ2) is 21.9. The van der Waals surface area contributed by atoms with Crippen LogP contribution in [0.4, 0.5) is 10.3 Å². The molecule has 0 aliphatic carbocycles. The van der Waals surface area contributed by atoms with E-state index in [1.54, 1.807) is 46.9 Å². The van der Waals surface area contributed by atoms with Crippen LogP contribution in [-0.4, -0.2) is 94.4 Å². The van der Waals surface area contributed by atoms with Gasteiger partial charge in [-0.25, -0.2) is 26.8 Å². The van der Waals surface area contributed by atoms with Gasteiger partial charge in [0.15, 0.2) is 10.3 Å². The van der Waals surface area contributed by atoms with E-state index < -0.39 is 20.0 Å². The number of aromatic nitrogens is 2. The Morgan fingerprint density at radius 1 is 0.562 bits per heavy atom. The molecular formula is C45H48Cl4N6O5S4. The zero-order valence-corrected chi connectivity index (χ0v) is 41.6. The van der Waals surface area contributed by atoms with E-state index >= 15 is 0 Å². The monoisotopic (exact) mass is 1020 g/mol. The van der Waals surface area contributed by atoms with Crippen LogP contribution in [0.15, 0.2) is 105 Å². The molecule has 0 unspecified atom stereocenters. The van der Waals surface area contributed by atoms with Gasteiger partial charge in [-0.15, -0.1) is 22.7 Å². The number of anilines is 2. The lowest BCUT2D eigenvalue weighted by Gasteiger charge is -2.34. The number of rotatable bonds is 14. The summed E-state index contributed by atoms with van der Waals surface area (Å²) in [6.45, 7) is 8.55. The van der Waals surface area contributed by atoms with Crippen LogP contribution in [0.3, 0.4) is 0 Å². The van der Waals surface area contributed by atoms with Gasteiger partial charge in [0.05, 0.1) is 38.1 Å². The third-order valence-corrected chi connectivity index (χ3v) is 18.4. The molecule has 8 rings (SSSR count). The third-order valence-electron chi connectivity index (χ3n) is 10.7. The lowest BCUT2D eigenvalue weighted by atomic mass is 10.1. The molecule has 0 saturated carbocycles. The molecule has 2 aromatic heterocycles. The number of thiazole rings is 2. The number of hydrogen-bond acceptors (Lipinski definition) is 11. The van der Waals surface area contributed by atoms with Crippen molar-refractivity contribution in [1.29, 1.82) is 0 Å². The van der Waals surface area contributed by atoms with Crippen LogP contribution in [0.1, 0.15) is 48.3 Å². The zero-order chi connectivity index (χ0) is 45.4. The summed E-state index contributed by atoms with van der Waals surface area (Å²) in [5, 5.41) is 6.59. The molecule has 4 aromatic carbocycles. The summed E-state index contributed by atoms with van der Waals surface area (Å²) in [4.78, 5) is 13.9. The van der Waals surface area contributed by atoms with E-state index in [-0.39, 0.29) is 29.9 Å². The summed E-state index contributed by atoms with van der Waals surface area (Å²) in [5.41, 5.74) is 5.81. The van der Waals surface area contributed by atoms with Gasteiger partial charge in [0.1, 0.15) is 15.5 Å². The fourth-order valence-corrected chi connectivity index (χ4v) is 13.4. The van der Waals surface area contributed by atoms with Crippen molar-refractivity contribution in [2.24, 2.45) is 0 Å². The summed E-state index contributed by atoms with van der Waals surface area (Å²) >= 11 is 27.5. The van der Waals surface area contributed by atoms with Crippen molar-refractivity contribution < 1.29 is 21.6 Å². The van der Waals surface area contributed by atoms with Crippen LogP contribution in [0.25, 0.3) is 0 Å². The van der Waals surface area contributed by atoms with E-state index in [9.17, 15) is 16.8 Å². The number of sulfonamides is 2. The van der Waals surface area contributed by atoms with Gasteiger partial charge in [-0.1, -0.05) is 108 Å². The Bertz CT molecular complexity index is 2540. The molecule has 4 heterocycles. The van der Waals surface area contributed by atoms with Gasteiger partial charge in [-0.2, -0.15) is 8.61 Å². The molecule has 0 bridgehead atoms. The van der Waals surface area contributed by atoms with Gasteiger partial charge in [-0.05, 0) is 66.4 Å². The molecule has 0 spiro atoms. The average Bonchev–Trinajstić information content (AvgIpc) is 3.97. The Kier molecular flexibility index (Phi) is 16.6. The summed E-state index contributed by atoms with van der Waals surface area (Å²) in [6, 6.07) is 26.1. The second-order valence-corrected chi connectivity index (χ2v) is 22.2. The molecule has 0 amide bonds. The fraction of sp³-hybridized carbons (Fsp3) is 0.333. The number of nitrogens with zero attached hydrogens (tertiary/aromatic N) is 6. The smallest absolute Gasteiger partial charge is 0.244 e. The minimum atomic E-state index is -3.70. The molecule has 2 aliphatic rings. The van der Waals surface area contributed by atoms with Crippen LogP contribution >= 0.6 is 69.1 Å². The van der Waals surface area contributed by atoms with Gasteiger partial charge in [-0.3, -0.25) is 0 Å². The van der Waals surface area contributed by atoms with E-state index in [0.29, 0.717) is 59.0 Å². The summed E-state index contributed by atoms with van der Waals surface area (Å²) in [7, 11) is -7.39. The number of ether oxygens (including phenoxy) is 1. The predicted octanol–water partition coefficient (Wildman–Crippen LogP) is 10.5. The maximum atomic E-state index is 13.0. The van der Waals surface area contributed by atoms with Gasteiger partial charge in [0, 0.05) is 76.0 Å². The molecule has 64 heavy (non-hydrogen) atoms. The van der Waals surface area contributed by atoms with Gasteiger partial charge in [0.25, 0.3) is 0 Å². The molecule has 2 fully saturated rings. The lowest BCUT2D eigenvalue weighted by Crippen LogP contribution is -2.48.